The summed E-state index contributed by atoms with van der Waals surface area (Å²) in [5, 5.41) is 9.74. The molecule has 146 valence electrons. The third kappa shape index (κ3) is 2.32. The van der Waals surface area contributed by atoms with E-state index in [0.717, 1.165) is 41.8 Å². The maximum atomic E-state index is 14.9. The van der Waals surface area contributed by atoms with Crippen molar-refractivity contribution in [2.75, 3.05) is 11.4 Å². The molecular formula is C25H22FNO2. The number of fused-ring (bicyclic) bond motifs is 4. The second-order valence-electron chi connectivity index (χ2n) is 8.73. The molecule has 2 aromatic rings. The molecule has 0 aromatic heterocycles. The SMILES string of the molecule is O=C(O)c1cc2c3c(c1)[C@H]1C=CC[C@H]1[C@H](c1ccccc1F)N3C[C@@H]1CC=C[C@H]21. The van der Waals surface area contributed by atoms with Crippen LogP contribution in [0.25, 0.3) is 0 Å². The van der Waals surface area contributed by atoms with E-state index in [4.69, 9.17) is 0 Å². The van der Waals surface area contributed by atoms with Crippen LogP contribution >= 0.6 is 0 Å². The second-order valence-corrected chi connectivity index (χ2v) is 8.73. The predicted molar refractivity (Wildman–Crippen MR) is 110 cm³/mol. The highest BCUT2D eigenvalue weighted by Gasteiger charge is 2.48. The van der Waals surface area contributed by atoms with Gasteiger partial charge in [0.2, 0.25) is 0 Å². The third-order valence-electron chi connectivity index (χ3n) is 7.32. The number of carbonyl (C=O) groups is 1. The van der Waals surface area contributed by atoms with E-state index in [1.165, 1.54) is 0 Å². The number of carboxylic acids is 1. The first-order valence-corrected chi connectivity index (χ1v) is 10.4. The summed E-state index contributed by atoms with van der Waals surface area (Å²) in [6, 6.07) is 10.8. The lowest BCUT2D eigenvalue weighted by Crippen LogP contribution is -2.46. The molecule has 0 saturated heterocycles. The normalized spacial score (nSPS) is 30.8. The lowest BCUT2D eigenvalue weighted by atomic mass is 9.70. The third-order valence-corrected chi connectivity index (χ3v) is 7.32. The zero-order valence-corrected chi connectivity index (χ0v) is 16.0. The molecule has 0 unspecified atom stereocenters. The molecule has 2 heterocycles. The molecule has 1 N–H and O–H groups in total. The van der Waals surface area contributed by atoms with E-state index in [-0.39, 0.29) is 29.6 Å². The summed E-state index contributed by atoms with van der Waals surface area (Å²) < 4.78 is 14.9. The monoisotopic (exact) mass is 387 g/mol. The first kappa shape index (κ1) is 17.0. The van der Waals surface area contributed by atoms with Gasteiger partial charge in [-0.15, -0.1) is 0 Å². The topological polar surface area (TPSA) is 40.5 Å². The van der Waals surface area contributed by atoms with Crippen LogP contribution in [0.3, 0.4) is 0 Å². The van der Waals surface area contributed by atoms with Crippen molar-refractivity contribution in [1.82, 2.24) is 0 Å². The Labute approximate surface area is 169 Å². The van der Waals surface area contributed by atoms with Gasteiger partial charge in [0.25, 0.3) is 0 Å². The van der Waals surface area contributed by atoms with Gasteiger partial charge in [0.05, 0.1) is 11.6 Å². The maximum absolute atomic E-state index is 14.9. The van der Waals surface area contributed by atoms with E-state index in [1.807, 2.05) is 24.3 Å². The summed E-state index contributed by atoms with van der Waals surface area (Å²) in [6.07, 6.45) is 10.7. The lowest BCUT2D eigenvalue weighted by molar-refractivity contribution is 0.0696. The Morgan fingerprint density at radius 2 is 1.72 bits per heavy atom. The highest BCUT2D eigenvalue weighted by Crippen LogP contribution is 2.59. The van der Waals surface area contributed by atoms with Crippen LogP contribution in [0.4, 0.5) is 10.1 Å². The molecule has 5 atom stereocenters. The van der Waals surface area contributed by atoms with Gasteiger partial charge in [0, 0.05) is 29.6 Å². The number of allylic oxidation sites excluding steroid dienone is 4. The molecule has 0 saturated carbocycles. The fourth-order valence-corrected chi connectivity index (χ4v) is 6.17. The average molecular weight is 387 g/mol. The first-order chi connectivity index (χ1) is 14.1. The zero-order valence-electron chi connectivity index (χ0n) is 16.0. The van der Waals surface area contributed by atoms with Crippen molar-refractivity contribution in [3.63, 3.8) is 0 Å². The fourth-order valence-electron chi connectivity index (χ4n) is 6.17. The van der Waals surface area contributed by atoms with Crippen molar-refractivity contribution in [3.8, 4) is 0 Å². The standard InChI is InChI=1S/C25H22FNO2/c26-22-10-2-1-6-19(22)23-18-9-4-8-17(18)21-12-15(25(28)29)11-20-16-7-3-5-14(16)13-27(23)24(20)21/h1-4,6-8,10-12,14,16-18,23H,5,9,13H2,(H,28,29)/t14-,16-,17-,18+,23+/m0/s1. The van der Waals surface area contributed by atoms with Gasteiger partial charge in [-0.05, 0) is 54.0 Å². The van der Waals surface area contributed by atoms with E-state index in [9.17, 15) is 14.3 Å². The molecule has 0 amide bonds. The molecule has 0 bridgehead atoms. The van der Waals surface area contributed by atoms with Crippen LogP contribution < -0.4 is 4.90 Å². The molecule has 6 rings (SSSR count). The average Bonchev–Trinajstić information content (AvgIpc) is 3.38. The highest BCUT2D eigenvalue weighted by atomic mass is 19.1. The Morgan fingerprint density at radius 3 is 2.52 bits per heavy atom. The number of nitrogens with zero attached hydrogens (tertiary/aromatic N) is 1. The maximum Gasteiger partial charge on any atom is 0.335 e. The number of hydrogen-bond donors (Lipinski definition) is 1. The van der Waals surface area contributed by atoms with Crippen LogP contribution in [0.2, 0.25) is 0 Å². The molecule has 4 aliphatic rings. The molecule has 0 spiro atoms. The van der Waals surface area contributed by atoms with Gasteiger partial charge in [-0.1, -0.05) is 42.5 Å². The Hall–Kier alpha value is -2.88. The number of carboxylic acid groups (broad SMARTS) is 1. The van der Waals surface area contributed by atoms with Crippen molar-refractivity contribution < 1.29 is 14.3 Å². The minimum atomic E-state index is -0.880. The zero-order chi connectivity index (χ0) is 19.7. The highest BCUT2D eigenvalue weighted by molar-refractivity contribution is 5.90. The number of anilines is 1. The molecule has 0 radical (unpaired) electrons. The molecule has 0 fully saturated rings. The second kappa shape index (κ2) is 6.06. The molecule has 2 aliphatic carbocycles. The lowest BCUT2D eigenvalue weighted by Gasteiger charge is -2.51. The van der Waals surface area contributed by atoms with Crippen LogP contribution in [0.15, 0.2) is 60.7 Å². The first-order valence-electron chi connectivity index (χ1n) is 10.4. The van der Waals surface area contributed by atoms with Crippen molar-refractivity contribution in [1.29, 1.82) is 0 Å². The molecule has 3 nitrogen and oxygen atoms in total. The molecule has 4 heteroatoms. The summed E-state index contributed by atoms with van der Waals surface area (Å²) in [5.74, 6) is -0.00781. The van der Waals surface area contributed by atoms with E-state index in [2.05, 4.69) is 29.2 Å². The number of benzene rings is 2. The van der Waals surface area contributed by atoms with E-state index < -0.39 is 5.97 Å². The minimum Gasteiger partial charge on any atom is -0.478 e. The summed E-state index contributed by atoms with van der Waals surface area (Å²) in [6.45, 7) is 0.881. The van der Waals surface area contributed by atoms with Gasteiger partial charge in [0.15, 0.2) is 0 Å². The van der Waals surface area contributed by atoms with E-state index >= 15 is 0 Å². The number of halogens is 1. The Kier molecular flexibility index (Phi) is 3.55. The van der Waals surface area contributed by atoms with E-state index in [0.29, 0.717) is 11.5 Å². The summed E-state index contributed by atoms with van der Waals surface area (Å²) in [7, 11) is 0. The number of hydrogen-bond acceptors (Lipinski definition) is 2. The molecular weight excluding hydrogens is 365 g/mol. The van der Waals surface area contributed by atoms with Crippen LogP contribution in [0, 0.1) is 17.7 Å². The van der Waals surface area contributed by atoms with Gasteiger partial charge in [0.1, 0.15) is 5.82 Å². The van der Waals surface area contributed by atoms with Crippen LogP contribution in [0.5, 0.6) is 0 Å². The van der Waals surface area contributed by atoms with Gasteiger partial charge in [-0.2, -0.15) is 0 Å². The predicted octanol–water partition coefficient (Wildman–Crippen LogP) is 5.42. The smallest absolute Gasteiger partial charge is 0.335 e. The summed E-state index contributed by atoms with van der Waals surface area (Å²) in [5.41, 5.74) is 4.47. The molecule has 2 aliphatic heterocycles. The largest absolute Gasteiger partial charge is 0.478 e. The van der Waals surface area contributed by atoms with Crippen molar-refractivity contribution in [2.24, 2.45) is 11.8 Å². The van der Waals surface area contributed by atoms with Crippen LogP contribution in [0.1, 0.15) is 57.8 Å². The number of rotatable bonds is 2. The van der Waals surface area contributed by atoms with Gasteiger partial charge >= 0.3 is 5.97 Å². The van der Waals surface area contributed by atoms with Gasteiger partial charge in [-0.25, -0.2) is 9.18 Å². The Balaban J connectivity index is 1.62. The summed E-state index contributed by atoms with van der Waals surface area (Å²) in [4.78, 5) is 14.3. The Morgan fingerprint density at radius 1 is 1.00 bits per heavy atom. The fraction of sp³-hybridized carbons (Fsp3) is 0.320. The molecule has 29 heavy (non-hydrogen) atoms. The quantitative estimate of drug-likeness (QED) is 0.700. The summed E-state index contributed by atoms with van der Waals surface area (Å²) >= 11 is 0. The minimum absolute atomic E-state index is 0.0281. The van der Waals surface area contributed by atoms with Gasteiger partial charge < -0.3 is 10.0 Å². The molecule has 2 aromatic carbocycles. The van der Waals surface area contributed by atoms with E-state index in [1.54, 1.807) is 12.1 Å². The van der Waals surface area contributed by atoms with Crippen LogP contribution in [-0.4, -0.2) is 17.6 Å². The van der Waals surface area contributed by atoms with Gasteiger partial charge in [-0.3, -0.25) is 0 Å². The van der Waals surface area contributed by atoms with Crippen molar-refractivity contribution in [3.05, 3.63) is 88.8 Å². The Bertz CT molecular complexity index is 1070. The number of aromatic carboxylic acids is 1. The van der Waals surface area contributed by atoms with Crippen molar-refractivity contribution >= 4 is 11.7 Å². The van der Waals surface area contributed by atoms with Crippen molar-refractivity contribution in [2.45, 2.75) is 30.7 Å². The van der Waals surface area contributed by atoms with Crippen LogP contribution in [-0.2, 0) is 0 Å².